The van der Waals surface area contributed by atoms with Crippen molar-refractivity contribution in [3.63, 3.8) is 0 Å². The van der Waals surface area contributed by atoms with Crippen molar-refractivity contribution in [2.75, 3.05) is 19.3 Å². The molecule has 1 unspecified atom stereocenters. The van der Waals surface area contributed by atoms with E-state index in [1.54, 1.807) is 13.8 Å². The highest BCUT2D eigenvalue weighted by molar-refractivity contribution is 7.88. The Morgan fingerprint density at radius 3 is 2.47 bits per heavy atom. The van der Waals surface area contributed by atoms with Gasteiger partial charge >= 0.3 is 0 Å². The molecule has 1 heterocycles. The third-order valence-electron chi connectivity index (χ3n) is 3.27. The number of hydrogen-bond donors (Lipinski definition) is 3. The Morgan fingerprint density at radius 1 is 1.37 bits per heavy atom. The molecule has 112 valence electrons. The van der Waals surface area contributed by atoms with Crippen molar-refractivity contribution < 1.29 is 13.2 Å². The largest absolute Gasteiger partial charge is 0.353 e. The predicted molar refractivity (Wildman–Crippen MR) is 75.3 cm³/mol. The number of sulfonamides is 1. The molecule has 0 radical (unpaired) electrons. The van der Waals surface area contributed by atoms with Crippen molar-refractivity contribution in [2.24, 2.45) is 0 Å². The molecule has 0 aromatic carbocycles. The maximum Gasteiger partial charge on any atom is 0.240 e. The van der Waals surface area contributed by atoms with Crippen LogP contribution in [0, 0.1) is 0 Å². The minimum atomic E-state index is -3.29. The highest BCUT2D eigenvalue weighted by Crippen LogP contribution is 2.18. The average Bonchev–Trinajstić information content (AvgIpc) is 2.23. The van der Waals surface area contributed by atoms with Gasteiger partial charge in [-0.15, -0.1) is 0 Å². The van der Waals surface area contributed by atoms with Gasteiger partial charge in [0.25, 0.3) is 0 Å². The van der Waals surface area contributed by atoms with Gasteiger partial charge in [0, 0.05) is 12.1 Å². The molecule has 1 aliphatic rings. The molecule has 1 aliphatic heterocycles. The van der Waals surface area contributed by atoms with Crippen molar-refractivity contribution in [3.8, 4) is 0 Å². The van der Waals surface area contributed by atoms with Crippen LogP contribution in [0.5, 0.6) is 0 Å². The number of piperidine rings is 1. The summed E-state index contributed by atoms with van der Waals surface area (Å²) in [6.07, 6.45) is 4.03. The zero-order valence-electron chi connectivity index (χ0n) is 12.2. The summed E-state index contributed by atoms with van der Waals surface area (Å²) in [5.41, 5.74) is -1.24. The molecule has 1 rings (SSSR count). The fourth-order valence-corrected chi connectivity index (χ4v) is 3.36. The molecule has 3 N–H and O–H groups in total. The van der Waals surface area contributed by atoms with Crippen LogP contribution in [-0.2, 0) is 14.8 Å². The van der Waals surface area contributed by atoms with E-state index in [1.807, 2.05) is 6.92 Å². The van der Waals surface area contributed by atoms with E-state index in [9.17, 15) is 13.2 Å². The van der Waals surface area contributed by atoms with Crippen LogP contribution in [0.25, 0.3) is 0 Å². The minimum absolute atomic E-state index is 0.0735. The summed E-state index contributed by atoms with van der Waals surface area (Å²) >= 11 is 0. The quantitative estimate of drug-likeness (QED) is 0.663. The first-order chi connectivity index (χ1) is 8.54. The molecule has 1 fully saturated rings. The van der Waals surface area contributed by atoms with E-state index < -0.39 is 21.1 Å². The lowest BCUT2D eigenvalue weighted by molar-refractivity contribution is -0.128. The van der Waals surface area contributed by atoms with Crippen molar-refractivity contribution in [1.82, 2.24) is 15.4 Å². The second kappa shape index (κ2) is 5.76. The Kier molecular flexibility index (Phi) is 4.97. The fourth-order valence-electron chi connectivity index (χ4n) is 2.28. The number of carbonyl (C=O) groups is 1. The molecule has 1 saturated heterocycles. The second-order valence-electron chi connectivity index (χ2n) is 6.16. The molecular weight excluding hydrogens is 266 g/mol. The molecule has 1 amide bonds. The predicted octanol–water partition coefficient (Wildman–Crippen LogP) is -0.0374. The van der Waals surface area contributed by atoms with Crippen molar-refractivity contribution in [3.05, 3.63) is 0 Å². The smallest absolute Gasteiger partial charge is 0.240 e. The van der Waals surface area contributed by atoms with Gasteiger partial charge in [0.15, 0.2) is 0 Å². The Balaban J connectivity index is 2.53. The van der Waals surface area contributed by atoms with Gasteiger partial charge in [-0.3, -0.25) is 4.79 Å². The Bertz CT molecular complexity index is 426. The molecule has 19 heavy (non-hydrogen) atoms. The fraction of sp³-hybridized carbons (Fsp3) is 0.917. The molecule has 0 aromatic rings. The lowest BCUT2D eigenvalue weighted by Gasteiger charge is -2.35. The summed E-state index contributed by atoms with van der Waals surface area (Å²) < 4.78 is 24.9. The van der Waals surface area contributed by atoms with Gasteiger partial charge in [-0.2, -0.15) is 0 Å². The Hall–Kier alpha value is -0.660. The Morgan fingerprint density at radius 2 is 2.00 bits per heavy atom. The van der Waals surface area contributed by atoms with E-state index in [2.05, 4.69) is 15.4 Å². The Labute approximate surface area is 115 Å². The number of amides is 1. The van der Waals surface area contributed by atoms with Crippen LogP contribution in [0.1, 0.15) is 40.0 Å². The van der Waals surface area contributed by atoms with Gasteiger partial charge in [0.2, 0.25) is 15.9 Å². The number of nitrogens with one attached hydrogen (secondary N) is 3. The number of hydrogen-bond acceptors (Lipinski definition) is 4. The monoisotopic (exact) mass is 291 g/mol. The first-order valence-corrected chi connectivity index (χ1v) is 8.46. The molecular formula is C12H25N3O3S. The van der Waals surface area contributed by atoms with Crippen LogP contribution in [0.15, 0.2) is 0 Å². The van der Waals surface area contributed by atoms with Gasteiger partial charge in [0.05, 0.1) is 11.8 Å². The first kappa shape index (κ1) is 16.4. The van der Waals surface area contributed by atoms with E-state index in [1.165, 1.54) is 0 Å². The minimum Gasteiger partial charge on any atom is -0.353 e. The van der Waals surface area contributed by atoms with Gasteiger partial charge in [-0.1, -0.05) is 0 Å². The molecule has 0 aliphatic carbocycles. The molecule has 0 bridgehead atoms. The molecule has 1 atom stereocenters. The normalized spacial score (nSPS) is 25.1. The second-order valence-corrected chi connectivity index (χ2v) is 7.91. The van der Waals surface area contributed by atoms with Crippen molar-refractivity contribution >= 4 is 15.9 Å². The van der Waals surface area contributed by atoms with E-state index in [-0.39, 0.29) is 12.5 Å². The SMILES string of the molecule is CC(C)(CNC(=O)C1(C)CCCCN1)NS(C)(=O)=O. The van der Waals surface area contributed by atoms with Crippen LogP contribution >= 0.6 is 0 Å². The molecule has 0 saturated carbocycles. The van der Waals surface area contributed by atoms with Crippen LogP contribution in [-0.4, -0.2) is 44.7 Å². The van der Waals surface area contributed by atoms with Gasteiger partial charge in [-0.25, -0.2) is 13.1 Å². The van der Waals surface area contributed by atoms with Crippen molar-refractivity contribution in [2.45, 2.75) is 51.1 Å². The van der Waals surface area contributed by atoms with Crippen LogP contribution in [0.2, 0.25) is 0 Å². The number of carbonyl (C=O) groups excluding carboxylic acids is 1. The summed E-state index contributed by atoms with van der Waals surface area (Å²) in [5.74, 6) is -0.0735. The zero-order valence-corrected chi connectivity index (χ0v) is 13.0. The average molecular weight is 291 g/mol. The van der Waals surface area contributed by atoms with Crippen molar-refractivity contribution in [1.29, 1.82) is 0 Å². The first-order valence-electron chi connectivity index (χ1n) is 6.56. The lowest BCUT2D eigenvalue weighted by Crippen LogP contribution is -2.60. The van der Waals surface area contributed by atoms with Crippen LogP contribution in [0.3, 0.4) is 0 Å². The zero-order chi connectivity index (χ0) is 14.7. The maximum absolute atomic E-state index is 12.2. The lowest BCUT2D eigenvalue weighted by atomic mass is 9.90. The van der Waals surface area contributed by atoms with E-state index >= 15 is 0 Å². The molecule has 6 nitrogen and oxygen atoms in total. The van der Waals surface area contributed by atoms with E-state index in [0.29, 0.717) is 0 Å². The van der Waals surface area contributed by atoms with E-state index in [0.717, 1.165) is 32.1 Å². The topological polar surface area (TPSA) is 87.3 Å². The summed E-state index contributed by atoms with van der Waals surface area (Å²) in [6, 6.07) is 0. The van der Waals surface area contributed by atoms with Crippen LogP contribution < -0.4 is 15.4 Å². The van der Waals surface area contributed by atoms with Gasteiger partial charge in [-0.05, 0) is 46.6 Å². The van der Waals surface area contributed by atoms with E-state index in [4.69, 9.17) is 0 Å². The highest BCUT2D eigenvalue weighted by atomic mass is 32.2. The third-order valence-corrected chi connectivity index (χ3v) is 4.20. The molecule has 0 spiro atoms. The number of rotatable bonds is 5. The summed E-state index contributed by atoms with van der Waals surface area (Å²) in [7, 11) is -3.29. The summed E-state index contributed by atoms with van der Waals surface area (Å²) in [6.45, 7) is 6.47. The van der Waals surface area contributed by atoms with Gasteiger partial charge in [0.1, 0.15) is 0 Å². The maximum atomic E-state index is 12.2. The third kappa shape index (κ3) is 5.46. The van der Waals surface area contributed by atoms with Crippen LogP contribution in [0.4, 0.5) is 0 Å². The summed E-state index contributed by atoms with van der Waals surface area (Å²) in [4.78, 5) is 12.2. The molecule has 0 aromatic heterocycles. The standard InChI is InChI=1S/C12H25N3O3S/c1-11(2,15-19(4,17)18)9-13-10(16)12(3)7-5-6-8-14-12/h14-15H,5-9H2,1-4H3,(H,13,16). The molecule has 7 heteroatoms. The van der Waals surface area contributed by atoms with Gasteiger partial charge < -0.3 is 10.6 Å². The summed E-state index contributed by atoms with van der Waals surface area (Å²) in [5, 5.41) is 6.06. The highest BCUT2D eigenvalue weighted by Gasteiger charge is 2.35.